The summed E-state index contributed by atoms with van der Waals surface area (Å²) in [5, 5.41) is 9.00. The maximum absolute atomic E-state index is 8.00. The molecule has 0 aromatic heterocycles. The molecule has 0 bridgehead atoms. The highest BCUT2D eigenvalue weighted by Gasteiger charge is 2.13. The van der Waals surface area contributed by atoms with Crippen LogP contribution >= 0.6 is 0 Å². The average Bonchev–Trinajstić information content (AvgIpc) is 2.81. The summed E-state index contributed by atoms with van der Waals surface area (Å²) in [5.41, 5.74) is 0. The molecule has 0 saturated heterocycles. The molecule has 4 nitrogen and oxygen atoms in total. The maximum atomic E-state index is 8.00. The molecule has 0 atom stereocenters. The Morgan fingerprint density at radius 3 is 0.824 bits per heavy atom. The summed E-state index contributed by atoms with van der Waals surface area (Å²) < 4.78 is 1.25. The molecule has 0 aliphatic rings. The van der Waals surface area contributed by atoms with E-state index in [2.05, 4.69) is 27.9 Å². The predicted molar refractivity (Wildman–Crippen MR) is 153 cm³/mol. The van der Waals surface area contributed by atoms with Crippen LogP contribution in [0.1, 0.15) is 168 Å². The summed E-state index contributed by atoms with van der Waals surface area (Å²) in [6.07, 6.45) is 35.0. The van der Waals surface area contributed by atoms with E-state index in [1.54, 1.807) is 0 Å². The topological polar surface area (TPSA) is 52.5 Å². The van der Waals surface area contributed by atoms with E-state index < -0.39 is 0 Å². The Kier molecular flexibility index (Phi) is 31.8. The lowest BCUT2D eigenvalue weighted by molar-refractivity contribution is -0.890. The summed E-state index contributed by atoms with van der Waals surface area (Å²) in [7, 11) is 4.91. The molecule has 4 heteroatoms. The van der Waals surface area contributed by atoms with E-state index in [1.807, 2.05) is 0 Å². The standard InChI is InChI=1S/C30H64N.HNO2/c1-5-7-9-11-13-15-17-19-21-23-25-27-29-31(3,4)30-28-26-24-22-20-18-16-14-12-10-8-6-2;2-1-3/h5-30H2,1-4H3;(H,2,3)/q+1;/p-1. The van der Waals surface area contributed by atoms with Gasteiger partial charge in [-0.3, -0.25) is 0 Å². The highest BCUT2D eigenvalue weighted by Crippen LogP contribution is 2.15. The lowest BCUT2D eigenvalue weighted by Gasteiger charge is -2.30. The van der Waals surface area contributed by atoms with Gasteiger partial charge in [-0.2, -0.15) is 0 Å². The van der Waals surface area contributed by atoms with Crippen LogP contribution in [0.3, 0.4) is 0 Å². The summed E-state index contributed by atoms with van der Waals surface area (Å²) in [6.45, 7) is 7.38. The third-order valence-electron chi connectivity index (χ3n) is 7.23. The van der Waals surface area contributed by atoms with Gasteiger partial charge in [0.2, 0.25) is 0 Å². The van der Waals surface area contributed by atoms with Gasteiger partial charge in [-0.25, -0.2) is 0 Å². The van der Waals surface area contributed by atoms with E-state index in [4.69, 9.17) is 10.1 Å². The molecular formula is C30H64N2O2. The normalized spacial score (nSPS) is 11.3. The molecule has 0 unspecified atom stereocenters. The molecule has 0 amide bonds. The summed E-state index contributed by atoms with van der Waals surface area (Å²) >= 11 is 0. The molecule has 0 rings (SSSR count). The van der Waals surface area contributed by atoms with Crippen LogP contribution in [-0.2, 0) is 0 Å². The Morgan fingerprint density at radius 2 is 0.618 bits per heavy atom. The predicted octanol–water partition coefficient (Wildman–Crippen LogP) is 10.7. The third-order valence-corrected chi connectivity index (χ3v) is 7.23. The number of nitrogens with zero attached hydrogens (tertiary/aromatic N) is 2. The van der Waals surface area contributed by atoms with Crippen LogP contribution in [0.25, 0.3) is 0 Å². The van der Waals surface area contributed by atoms with Crippen molar-refractivity contribution < 1.29 is 4.48 Å². The fourth-order valence-corrected chi connectivity index (χ4v) is 4.87. The molecule has 34 heavy (non-hydrogen) atoms. The molecule has 0 radical (unpaired) electrons. The Labute approximate surface area is 215 Å². The van der Waals surface area contributed by atoms with Crippen molar-refractivity contribution in [3.05, 3.63) is 10.1 Å². The highest BCUT2D eigenvalue weighted by molar-refractivity contribution is 4.51. The Balaban J connectivity index is 0. The van der Waals surface area contributed by atoms with Crippen molar-refractivity contribution in [1.82, 2.24) is 0 Å². The van der Waals surface area contributed by atoms with Gasteiger partial charge in [-0.1, -0.05) is 142 Å². The summed E-state index contributed by atoms with van der Waals surface area (Å²) in [6, 6.07) is 0. The first kappa shape index (κ1) is 35.5. The first-order valence-electron chi connectivity index (χ1n) is 15.3. The van der Waals surface area contributed by atoms with Crippen LogP contribution in [0.2, 0.25) is 0 Å². The van der Waals surface area contributed by atoms with Crippen LogP contribution in [0.15, 0.2) is 5.34 Å². The molecule has 0 aliphatic carbocycles. The van der Waals surface area contributed by atoms with Gasteiger partial charge in [0.25, 0.3) is 0 Å². The average molecular weight is 485 g/mol. The number of unbranched alkanes of at least 4 members (excludes halogenated alkanes) is 22. The van der Waals surface area contributed by atoms with Crippen molar-refractivity contribution in [2.45, 2.75) is 168 Å². The van der Waals surface area contributed by atoms with Crippen LogP contribution in [0.5, 0.6) is 0 Å². The second-order valence-electron chi connectivity index (χ2n) is 11.2. The minimum absolute atomic E-state index is 1.00. The molecule has 0 heterocycles. The maximum Gasteiger partial charge on any atom is 0.0782 e. The van der Waals surface area contributed by atoms with Crippen molar-refractivity contribution in [2.24, 2.45) is 5.34 Å². The fourth-order valence-electron chi connectivity index (χ4n) is 4.87. The fraction of sp³-hybridized carbons (Fsp3) is 1.00. The lowest BCUT2D eigenvalue weighted by Crippen LogP contribution is -2.41. The van der Waals surface area contributed by atoms with Crippen molar-refractivity contribution in [3.63, 3.8) is 0 Å². The lowest BCUT2D eigenvalue weighted by atomic mass is 10.0. The molecular weight excluding hydrogens is 420 g/mol. The first-order valence-corrected chi connectivity index (χ1v) is 15.3. The largest absolute Gasteiger partial charge is 0.444 e. The Morgan fingerprint density at radius 1 is 0.441 bits per heavy atom. The minimum atomic E-state index is 1.00. The second kappa shape index (κ2) is 30.4. The second-order valence-corrected chi connectivity index (χ2v) is 11.2. The molecule has 0 N–H and O–H groups in total. The number of rotatable bonds is 26. The molecule has 0 fully saturated rings. The Hall–Kier alpha value is -0.640. The minimum Gasteiger partial charge on any atom is -0.444 e. The highest BCUT2D eigenvalue weighted by atomic mass is 16.6. The third kappa shape index (κ3) is 33.5. The molecule has 0 saturated carbocycles. The van der Waals surface area contributed by atoms with E-state index in [9.17, 15) is 0 Å². The number of hydrogen-bond acceptors (Lipinski definition) is 3. The first-order chi connectivity index (χ1) is 16.5. The molecule has 0 aliphatic heterocycles. The van der Waals surface area contributed by atoms with E-state index >= 15 is 0 Å². The zero-order valence-corrected chi connectivity index (χ0v) is 24.1. The molecule has 0 aromatic carbocycles. The van der Waals surface area contributed by atoms with Gasteiger partial charge in [0.1, 0.15) is 0 Å². The van der Waals surface area contributed by atoms with Gasteiger partial charge in [0.15, 0.2) is 0 Å². The SMILES string of the molecule is CCCCCCCCCCCCCC[N+](C)(C)CCCCCCCCCCCCCC.O=N[O-]. The molecule has 0 spiro atoms. The van der Waals surface area contributed by atoms with Gasteiger partial charge >= 0.3 is 0 Å². The quantitative estimate of drug-likeness (QED) is 0.0530. The van der Waals surface area contributed by atoms with Gasteiger partial charge < -0.3 is 14.6 Å². The van der Waals surface area contributed by atoms with E-state index in [1.165, 1.54) is 172 Å². The number of quaternary nitrogens is 1. The molecule has 0 aromatic rings. The van der Waals surface area contributed by atoms with Crippen molar-refractivity contribution in [3.8, 4) is 0 Å². The summed E-state index contributed by atoms with van der Waals surface area (Å²) in [5.74, 6) is 0. The summed E-state index contributed by atoms with van der Waals surface area (Å²) in [4.78, 5) is 8.00. The van der Waals surface area contributed by atoms with E-state index in [0.717, 1.165) is 5.34 Å². The van der Waals surface area contributed by atoms with Crippen molar-refractivity contribution in [2.75, 3.05) is 27.2 Å². The van der Waals surface area contributed by atoms with Crippen molar-refractivity contribution in [1.29, 1.82) is 0 Å². The van der Waals surface area contributed by atoms with Gasteiger partial charge in [-0.05, 0) is 25.7 Å². The van der Waals surface area contributed by atoms with Gasteiger partial charge in [0, 0.05) is 0 Å². The van der Waals surface area contributed by atoms with Crippen molar-refractivity contribution >= 4 is 0 Å². The molecule has 206 valence electrons. The van der Waals surface area contributed by atoms with Crippen LogP contribution in [-0.4, -0.2) is 31.7 Å². The van der Waals surface area contributed by atoms with Gasteiger partial charge in [0.05, 0.1) is 27.2 Å². The van der Waals surface area contributed by atoms with Gasteiger partial charge in [-0.15, -0.1) is 5.34 Å². The smallest absolute Gasteiger partial charge is 0.0782 e. The van der Waals surface area contributed by atoms with Crippen LogP contribution < -0.4 is 0 Å². The number of hydrogen-bond donors (Lipinski definition) is 0. The van der Waals surface area contributed by atoms with E-state index in [0.29, 0.717) is 0 Å². The zero-order valence-electron chi connectivity index (χ0n) is 24.1. The van der Waals surface area contributed by atoms with Crippen LogP contribution in [0.4, 0.5) is 0 Å². The monoisotopic (exact) mass is 484 g/mol. The van der Waals surface area contributed by atoms with E-state index in [-0.39, 0.29) is 0 Å². The Bertz CT molecular complexity index is 345. The van der Waals surface area contributed by atoms with Crippen LogP contribution in [0, 0.1) is 10.1 Å². The zero-order chi connectivity index (χ0) is 25.6.